The summed E-state index contributed by atoms with van der Waals surface area (Å²) >= 11 is 9.96. The fraction of sp³-hybridized carbons (Fsp3) is 0.522. The molecule has 0 spiro atoms. The lowest BCUT2D eigenvalue weighted by Gasteiger charge is -2.32. The number of carbonyl (C=O) groups excluding carboxylic acids is 8. The lowest BCUT2D eigenvalue weighted by molar-refractivity contribution is -0.156. The molecule has 516 valence electrons. The molecule has 6 amide bonds. The predicted molar refractivity (Wildman–Crippen MR) is 372 cm³/mol. The van der Waals surface area contributed by atoms with Gasteiger partial charge in [0, 0.05) is 74.4 Å². The van der Waals surface area contributed by atoms with E-state index in [1.807, 2.05) is 121 Å². The molecule has 0 bridgehead atoms. The van der Waals surface area contributed by atoms with Crippen LogP contribution in [0.1, 0.15) is 143 Å². The number of hydrogen-bond donors (Lipinski definition) is 6. The number of aliphatic hydroxyl groups is 1. The SMILES string of the molecule is CC(C)(C)OC(=O)C[C@@H]1COC(=O)C1.CC(C)(C)OC(=O)N[C@H](CO)CC(=O)Nc1ccc(Br)cc1.CC(C)(C)OC(=O)N[C@H]1CC(=O)N(c2ccc(B3OC(C)(C)C(C)(C)O3)cc2)C1.CC(C)(C)OC(=O)N[C@H]1CC(=O)N(c2ccc(Br)cc2)C1.Nc1ccc(Br)cc1. The van der Waals surface area contributed by atoms with Gasteiger partial charge in [-0.25, -0.2) is 14.4 Å². The molecule has 4 saturated heterocycles. The number of amides is 6. The van der Waals surface area contributed by atoms with Crippen LogP contribution in [0.15, 0.2) is 110 Å². The number of nitrogen functional groups attached to an aromatic ring is 1. The van der Waals surface area contributed by atoms with E-state index in [9.17, 15) is 43.5 Å². The van der Waals surface area contributed by atoms with Gasteiger partial charge in [-0.2, -0.15) is 0 Å². The number of cyclic esters (lactones) is 1. The zero-order chi connectivity index (χ0) is 70.7. The van der Waals surface area contributed by atoms with E-state index in [-0.39, 0.29) is 80.0 Å². The van der Waals surface area contributed by atoms with Crippen molar-refractivity contribution in [2.45, 2.75) is 195 Å². The van der Waals surface area contributed by atoms with E-state index < -0.39 is 65.0 Å². The molecule has 8 rings (SSSR count). The minimum atomic E-state index is -0.703. The van der Waals surface area contributed by atoms with E-state index >= 15 is 0 Å². The third-order valence-corrected chi connectivity index (χ3v) is 15.3. The second-order valence-electron chi connectivity index (χ2n) is 27.6. The van der Waals surface area contributed by atoms with E-state index in [0.29, 0.717) is 31.8 Å². The average molecular weight is 1500 g/mol. The van der Waals surface area contributed by atoms with E-state index in [2.05, 4.69) is 69.1 Å². The number of halogens is 3. The molecule has 4 fully saturated rings. The molecule has 94 heavy (non-hydrogen) atoms. The minimum absolute atomic E-state index is 0.00150. The summed E-state index contributed by atoms with van der Waals surface area (Å²) in [5, 5.41) is 20.0. The van der Waals surface area contributed by atoms with E-state index in [0.717, 1.165) is 35.9 Å². The van der Waals surface area contributed by atoms with Gasteiger partial charge in [-0.1, -0.05) is 59.9 Å². The highest BCUT2D eigenvalue weighted by molar-refractivity contribution is 9.11. The van der Waals surface area contributed by atoms with E-state index in [1.54, 1.807) is 96.4 Å². The minimum Gasteiger partial charge on any atom is -0.465 e. The summed E-state index contributed by atoms with van der Waals surface area (Å²) in [6.07, 6.45) is -0.573. The summed E-state index contributed by atoms with van der Waals surface area (Å²) in [6, 6.07) is 28.5. The van der Waals surface area contributed by atoms with Crippen molar-refractivity contribution < 1.29 is 76.5 Å². The summed E-state index contributed by atoms with van der Waals surface area (Å²) in [7, 11) is -0.440. The number of nitrogens with zero attached hydrogens (tertiary/aromatic N) is 2. The molecule has 0 aromatic heterocycles. The Morgan fingerprint density at radius 1 is 0.596 bits per heavy atom. The van der Waals surface area contributed by atoms with Crippen LogP contribution in [0.5, 0.6) is 0 Å². The highest BCUT2D eigenvalue weighted by atomic mass is 79.9. The molecule has 4 aliphatic rings. The summed E-state index contributed by atoms with van der Waals surface area (Å²) in [6.45, 7) is 30.4. The van der Waals surface area contributed by atoms with Gasteiger partial charge in [-0.05, 0) is 201 Å². The van der Waals surface area contributed by atoms with Crippen LogP contribution in [0.3, 0.4) is 0 Å². The first kappa shape index (κ1) is 79.7. The Bertz CT molecular complexity index is 3150. The number of rotatable bonds is 12. The molecule has 23 nitrogen and oxygen atoms in total. The molecular weight excluding hydrogens is 1410 g/mol. The van der Waals surface area contributed by atoms with Crippen LogP contribution in [0.4, 0.5) is 37.1 Å². The lowest BCUT2D eigenvalue weighted by atomic mass is 9.79. The third kappa shape index (κ3) is 29.5. The van der Waals surface area contributed by atoms with Gasteiger partial charge in [0.25, 0.3) is 0 Å². The van der Waals surface area contributed by atoms with Crippen LogP contribution in [0.25, 0.3) is 0 Å². The van der Waals surface area contributed by atoms with Crippen molar-refractivity contribution in [2.24, 2.45) is 5.92 Å². The van der Waals surface area contributed by atoms with Crippen molar-refractivity contribution in [2.75, 3.05) is 47.2 Å². The van der Waals surface area contributed by atoms with Gasteiger partial charge in [0.05, 0.1) is 55.4 Å². The number of carbonyl (C=O) groups is 8. The lowest BCUT2D eigenvalue weighted by Crippen LogP contribution is -2.42. The molecule has 4 aromatic carbocycles. The molecule has 4 atom stereocenters. The van der Waals surface area contributed by atoms with Gasteiger partial charge in [-0.15, -0.1) is 0 Å². The van der Waals surface area contributed by atoms with E-state index in [4.69, 9.17) is 38.7 Å². The zero-order valence-electron chi connectivity index (χ0n) is 56.7. The maximum atomic E-state index is 12.4. The van der Waals surface area contributed by atoms with Crippen LogP contribution in [-0.2, 0) is 57.0 Å². The van der Waals surface area contributed by atoms with Crippen LogP contribution < -0.4 is 42.3 Å². The average Bonchev–Trinajstić information content (AvgIpc) is 1.63. The van der Waals surface area contributed by atoms with Crippen LogP contribution in [-0.4, -0.2) is 138 Å². The maximum absolute atomic E-state index is 12.4. The van der Waals surface area contributed by atoms with Crippen molar-refractivity contribution in [3.8, 4) is 0 Å². The van der Waals surface area contributed by atoms with Crippen LogP contribution >= 0.6 is 47.8 Å². The summed E-state index contributed by atoms with van der Waals surface area (Å²) in [5.74, 6) is -0.832. The Morgan fingerprint density at radius 2 is 0.989 bits per heavy atom. The number of hydrogen-bond acceptors (Lipinski definition) is 17. The highest BCUT2D eigenvalue weighted by Crippen LogP contribution is 2.37. The maximum Gasteiger partial charge on any atom is 0.494 e. The first-order valence-corrected chi connectivity index (χ1v) is 33.1. The normalized spacial score (nSPS) is 18.4. The number of alkyl carbamates (subject to hydrolysis) is 3. The van der Waals surface area contributed by atoms with Gasteiger partial charge in [0.1, 0.15) is 22.4 Å². The van der Waals surface area contributed by atoms with Crippen LogP contribution in [0, 0.1) is 5.92 Å². The molecule has 4 heterocycles. The fourth-order valence-electron chi connectivity index (χ4n) is 8.85. The largest absolute Gasteiger partial charge is 0.494 e. The number of benzene rings is 4. The number of esters is 2. The predicted octanol–water partition coefficient (Wildman–Crippen LogP) is 11.7. The van der Waals surface area contributed by atoms with Crippen LogP contribution in [0.2, 0.25) is 0 Å². The Labute approximate surface area is 578 Å². The molecule has 0 unspecified atom stereocenters. The Balaban J connectivity index is 0.000000262. The van der Waals surface area contributed by atoms with Gasteiger partial charge in [0.2, 0.25) is 17.7 Å². The van der Waals surface area contributed by atoms with Gasteiger partial charge in [0.15, 0.2) is 0 Å². The molecular formula is C67H93BBr3N7O16. The van der Waals surface area contributed by atoms with Crippen molar-refractivity contribution in [3.63, 3.8) is 0 Å². The summed E-state index contributed by atoms with van der Waals surface area (Å²) in [5.41, 5.74) is 6.35. The molecule has 0 radical (unpaired) electrons. The molecule has 4 aliphatic heterocycles. The first-order chi connectivity index (χ1) is 43.4. The number of ether oxygens (including phenoxy) is 5. The van der Waals surface area contributed by atoms with Gasteiger partial charge in [-0.3, -0.25) is 24.0 Å². The quantitative estimate of drug-likeness (QED) is 0.0332. The van der Waals surface area contributed by atoms with Gasteiger partial charge < -0.3 is 74.9 Å². The standard InChI is InChI=1S/C21H31BN2O5.C15H21BrN2O4.C15H19BrN2O3.C10H16O4.C6H6BrN/c1-19(2,3)27-18(26)23-15-12-17(25)24(13-15)16-10-8-14(9-11-16)22-28-20(4,5)21(6,7)29-22;1-15(2,3)22-14(21)18-12(9-19)8-13(20)17-11-6-4-10(16)5-7-11;1-15(2,3)21-14(20)17-11-8-13(19)18(9-11)12-6-4-10(16)5-7-12;1-10(2,3)14-9(12)5-7-4-8(11)13-6-7;7-5-1-3-6(8)4-2-5/h8-11,15H,12-13H2,1-7H3,(H,23,26);4-7,12,19H,8-9H2,1-3H3,(H,17,20)(H,18,21);4-7,11H,8-9H2,1-3H3,(H,17,20);7H,4-6H2,1-3H3;1-4H,8H2/t15-;12-;11-;7-;/m0001./s1. The fourth-order valence-corrected chi connectivity index (χ4v) is 9.64. The zero-order valence-corrected chi connectivity index (χ0v) is 61.4. The molecule has 0 aliphatic carbocycles. The molecule has 27 heteroatoms. The topological polar surface area (TPSA) is 302 Å². The Kier molecular flexibility index (Phi) is 29.5. The molecule has 4 aromatic rings. The second-order valence-corrected chi connectivity index (χ2v) is 30.4. The number of aliphatic hydroxyl groups excluding tert-OH is 1. The number of anilines is 4. The van der Waals surface area contributed by atoms with Gasteiger partial charge >= 0.3 is 37.3 Å². The highest BCUT2D eigenvalue weighted by Gasteiger charge is 2.52. The second kappa shape index (κ2) is 34.8. The van der Waals surface area contributed by atoms with Crippen molar-refractivity contribution in [1.82, 2.24) is 16.0 Å². The smallest absolute Gasteiger partial charge is 0.465 e. The monoisotopic (exact) mass is 1500 g/mol. The number of nitrogens with one attached hydrogen (secondary N) is 4. The molecule has 7 N–H and O–H groups in total. The summed E-state index contributed by atoms with van der Waals surface area (Å²) < 4.78 is 40.5. The first-order valence-electron chi connectivity index (χ1n) is 30.7. The Hall–Kier alpha value is -6.78. The van der Waals surface area contributed by atoms with Crippen molar-refractivity contribution in [1.29, 1.82) is 0 Å². The number of nitrogens with two attached hydrogens (primary N) is 1. The third-order valence-electron chi connectivity index (χ3n) is 13.7. The summed E-state index contributed by atoms with van der Waals surface area (Å²) in [4.78, 5) is 97.2. The Morgan fingerprint density at radius 3 is 1.37 bits per heavy atom. The van der Waals surface area contributed by atoms with Crippen molar-refractivity contribution in [3.05, 3.63) is 110 Å². The molecule has 0 saturated carbocycles. The van der Waals surface area contributed by atoms with Crippen molar-refractivity contribution >= 4 is 131 Å². The van der Waals surface area contributed by atoms with E-state index in [1.165, 1.54) is 0 Å².